The molecule has 0 fully saturated rings. The van der Waals surface area contributed by atoms with Crippen LogP contribution in [-0.4, -0.2) is 22.0 Å². The normalized spacial score (nSPS) is 10.7. The summed E-state index contributed by atoms with van der Waals surface area (Å²) in [6.45, 7) is 2.05. The predicted octanol–water partition coefficient (Wildman–Crippen LogP) is 2.82. The second-order valence-electron chi connectivity index (χ2n) is 3.05. The number of fused-ring (bicyclic) bond motifs is 1. The van der Waals surface area contributed by atoms with Crippen LogP contribution in [0.3, 0.4) is 0 Å². The van der Waals surface area contributed by atoms with Gasteiger partial charge in [-0.15, -0.1) is 0 Å². The Morgan fingerprint density at radius 1 is 1.56 bits per heavy atom. The third kappa shape index (κ3) is 1.86. The Bertz CT molecular complexity index is 551. The largest absolute Gasteiger partial charge is 0.462 e. The van der Waals surface area contributed by atoms with Gasteiger partial charge in [0, 0.05) is 12.3 Å². The van der Waals surface area contributed by atoms with Gasteiger partial charge in [-0.3, -0.25) is 4.40 Å². The fourth-order valence-corrected chi connectivity index (χ4v) is 1.86. The van der Waals surface area contributed by atoms with Crippen LogP contribution in [0.2, 0.25) is 10.3 Å². The van der Waals surface area contributed by atoms with Crippen LogP contribution in [0.15, 0.2) is 18.3 Å². The minimum atomic E-state index is -0.434. The van der Waals surface area contributed by atoms with Gasteiger partial charge in [0.05, 0.1) is 6.61 Å². The Hall–Kier alpha value is -1.26. The van der Waals surface area contributed by atoms with Crippen molar-refractivity contribution < 1.29 is 9.53 Å². The molecular formula is C10H8Cl2N2O2. The average Bonchev–Trinajstić information content (AvgIpc) is 2.61. The molecule has 0 aliphatic rings. The van der Waals surface area contributed by atoms with E-state index in [9.17, 15) is 4.79 Å². The van der Waals surface area contributed by atoms with E-state index in [4.69, 9.17) is 27.9 Å². The molecule has 84 valence electrons. The van der Waals surface area contributed by atoms with Gasteiger partial charge < -0.3 is 4.74 Å². The van der Waals surface area contributed by atoms with Crippen LogP contribution in [0.1, 0.15) is 17.3 Å². The highest BCUT2D eigenvalue weighted by Gasteiger charge is 2.15. The Kier molecular flexibility index (Phi) is 3.03. The SMILES string of the molecule is CCOC(=O)c1ccn2c(Cl)cc(Cl)nc12. The van der Waals surface area contributed by atoms with Crippen LogP contribution in [0.5, 0.6) is 0 Å². The number of ether oxygens (including phenoxy) is 1. The summed E-state index contributed by atoms with van der Waals surface area (Å²) in [6, 6.07) is 3.10. The first-order valence-electron chi connectivity index (χ1n) is 4.63. The van der Waals surface area contributed by atoms with Crippen molar-refractivity contribution in [2.24, 2.45) is 0 Å². The molecule has 0 amide bonds. The van der Waals surface area contributed by atoms with E-state index in [2.05, 4.69) is 4.98 Å². The number of aromatic nitrogens is 2. The first-order chi connectivity index (χ1) is 7.63. The molecule has 6 heteroatoms. The number of nitrogens with zero attached hydrogens (tertiary/aromatic N) is 2. The van der Waals surface area contributed by atoms with Crippen LogP contribution >= 0.6 is 23.2 Å². The molecule has 0 unspecified atom stereocenters. The zero-order valence-electron chi connectivity index (χ0n) is 8.41. The first-order valence-corrected chi connectivity index (χ1v) is 5.39. The Labute approximate surface area is 102 Å². The van der Waals surface area contributed by atoms with Crippen LogP contribution in [0.4, 0.5) is 0 Å². The minimum absolute atomic E-state index is 0.238. The zero-order valence-corrected chi connectivity index (χ0v) is 9.92. The molecule has 0 aliphatic heterocycles. The average molecular weight is 259 g/mol. The molecule has 2 heterocycles. The van der Waals surface area contributed by atoms with E-state index in [1.807, 2.05) is 0 Å². The number of halogens is 2. The van der Waals surface area contributed by atoms with Crippen LogP contribution in [0, 0.1) is 0 Å². The fourth-order valence-electron chi connectivity index (χ4n) is 1.38. The molecule has 0 saturated carbocycles. The monoisotopic (exact) mass is 258 g/mol. The van der Waals surface area contributed by atoms with Crippen molar-refractivity contribution in [3.8, 4) is 0 Å². The van der Waals surface area contributed by atoms with E-state index in [-0.39, 0.29) is 5.15 Å². The molecule has 0 saturated heterocycles. The highest BCUT2D eigenvalue weighted by molar-refractivity contribution is 6.33. The topological polar surface area (TPSA) is 43.6 Å². The third-order valence-corrected chi connectivity index (χ3v) is 2.52. The third-order valence-electron chi connectivity index (χ3n) is 2.04. The van der Waals surface area contributed by atoms with Gasteiger partial charge in [-0.05, 0) is 13.0 Å². The lowest BCUT2D eigenvalue weighted by atomic mass is 10.3. The van der Waals surface area contributed by atoms with Gasteiger partial charge in [0.25, 0.3) is 0 Å². The van der Waals surface area contributed by atoms with Crippen LogP contribution < -0.4 is 0 Å². The predicted molar refractivity (Wildman–Crippen MR) is 61.2 cm³/mol. The van der Waals surface area contributed by atoms with Crippen LogP contribution in [-0.2, 0) is 4.74 Å². The Balaban J connectivity index is 2.60. The molecule has 4 nitrogen and oxygen atoms in total. The van der Waals surface area contributed by atoms with Crippen molar-refractivity contribution in [3.63, 3.8) is 0 Å². The molecule has 0 N–H and O–H groups in total. The lowest BCUT2D eigenvalue weighted by Gasteiger charge is -2.02. The lowest BCUT2D eigenvalue weighted by Crippen LogP contribution is -2.05. The van der Waals surface area contributed by atoms with E-state index in [0.29, 0.717) is 23.0 Å². The lowest BCUT2D eigenvalue weighted by molar-refractivity contribution is 0.0528. The van der Waals surface area contributed by atoms with E-state index in [0.717, 1.165) is 0 Å². The van der Waals surface area contributed by atoms with Gasteiger partial charge in [0.1, 0.15) is 15.9 Å². The quantitative estimate of drug-likeness (QED) is 0.615. The molecule has 0 aromatic carbocycles. The molecule has 0 radical (unpaired) electrons. The van der Waals surface area contributed by atoms with Gasteiger partial charge in [-0.2, -0.15) is 0 Å². The molecular weight excluding hydrogens is 251 g/mol. The van der Waals surface area contributed by atoms with E-state index >= 15 is 0 Å². The van der Waals surface area contributed by atoms with Gasteiger partial charge >= 0.3 is 5.97 Å². The van der Waals surface area contributed by atoms with E-state index in [1.54, 1.807) is 23.6 Å². The molecule has 0 aliphatic carbocycles. The molecule has 0 spiro atoms. The maximum absolute atomic E-state index is 11.6. The summed E-state index contributed by atoms with van der Waals surface area (Å²) in [6.07, 6.45) is 1.65. The second kappa shape index (κ2) is 4.31. The van der Waals surface area contributed by atoms with Gasteiger partial charge in [0.2, 0.25) is 0 Å². The van der Waals surface area contributed by atoms with Crippen molar-refractivity contribution >= 4 is 34.8 Å². The summed E-state index contributed by atoms with van der Waals surface area (Å²) in [5.41, 5.74) is 0.752. The van der Waals surface area contributed by atoms with Crippen molar-refractivity contribution in [2.45, 2.75) is 6.92 Å². The minimum Gasteiger partial charge on any atom is -0.462 e. The molecule has 2 aromatic rings. The van der Waals surface area contributed by atoms with Crippen molar-refractivity contribution in [1.29, 1.82) is 0 Å². The maximum Gasteiger partial charge on any atom is 0.341 e. The fraction of sp³-hybridized carbons (Fsp3) is 0.200. The number of hydrogen-bond acceptors (Lipinski definition) is 3. The highest BCUT2D eigenvalue weighted by atomic mass is 35.5. The summed E-state index contributed by atoms with van der Waals surface area (Å²) in [5.74, 6) is -0.434. The zero-order chi connectivity index (χ0) is 11.7. The van der Waals surface area contributed by atoms with Gasteiger partial charge in [-0.25, -0.2) is 9.78 Å². The first kappa shape index (κ1) is 11.2. The summed E-state index contributed by atoms with van der Waals surface area (Å²) >= 11 is 11.7. The maximum atomic E-state index is 11.6. The number of esters is 1. The number of rotatable bonds is 2. The highest BCUT2D eigenvalue weighted by Crippen LogP contribution is 2.20. The van der Waals surface area contributed by atoms with E-state index in [1.165, 1.54) is 6.07 Å². The molecule has 2 aromatic heterocycles. The number of carbonyl (C=O) groups excluding carboxylic acids is 1. The summed E-state index contributed by atoms with van der Waals surface area (Å²) in [4.78, 5) is 15.6. The van der Waals surface area contributed by atoms with E-state index < -0.39 is 5.97 Å². The number of hydrogen-bond donors (Lipinski definition) is 0. The van der Waals surface area contributed by atoms with Gasteiger partial charge in [0.15, 0.2) is 5.65 Å². The van der Waals surface area contributed by atoms with Crippen molar-refractivity contribution in [2.75, 3.05) is 6.61 Å². The van der Waals surface area contributed by atoms with Gasteiger partial charge in [-0.1, -0.05) is 23.2 Å². The molecule has 0 atom stereocenters. The molecule has 2 rings (SSSR count). The standard InChI is InChI=1S/C10H8Cl2N2O2/c1-2-16-10(15)6-3-4-14-8(12)5-7(11)13-9(6)14/h3-5H,2H2,1H3. The van der Waals surface area contributed by atoms with Crippen molar-refractivity contribution in [1.82, 2.24) is 9.38 Å². The smallest absolute Gasteiger partial charge is 0.341 e. The summed E-state index contributed by atoms with van der Waals surface area (Å²) < 4.78 is 6.46. The van der Waals surface area contributed by atoms with Crippen LogP contribution in [0.25, 0.3) is 5.65 Å². The number of carbonyl (C=O) groups is 1. The Morgan fingerprint density at radius 2 is 2.31 bits per heavy atom. The second-order valence-corrected chi connectivity index (χ2v) is 3.82. The summed E-state index contributed by atoms with van der Waals surface area (Å²) in [7, 11) is 0. The molecule has 16 heavy (non-hydrogen) atoms. The summed E-state index contributed by atoms with van der Waals surface area (Å²) in [5, 5.41) is 0.632. The van der Waals surface area contributed by atoms with Crippen molar-refractivity contribution in [3.05, 3.63) is 34.2 Å². The Morgan fingerprint density at radius 3 is 3.00 bits per heavy atom. The molecule has 0 bridgehead atoms.